The Labute approximate surface area is 86.1 Å². The lowest BCUT2D eigenvalue weighted by atomic mass is 10.0. The van der Waals surface area contributed by atoms with Crippen LogP contribution >= 0.6 is 0 Å². The quantitative estimate of drug-likeness (QED) is 0.779. The second kappa shape index (κ2) is 5.13. The molecule has 0 aliphatic rings. The van der Waals surface area contributed by atoms with Gasteiger partial charge < -0.3 is 10.5 Å². The summed E-state index contributed by atoms with van der Waals surface area (Å²) in [7, 11) is 0. The van der Waals surface area contributed by atoms with Gasteiger partial charge in [0.15, 0.2) is 0 Å². The minimum absolute atomic E-state index is 0.200. The first-order chi connectivity index (χ1) is 6.64. The fourth-order valence-corrected chi connectivity index (χ4v) is 1.08. The molecule has 2 N–H and O–H groups in total. The molecule has 0 saturated carbocycles. The third kappa shape index (κ3) is 3.90. The SMILES string of the molecule is CCC(C)(N)COCc1ccccc1. The largest absolute Gasteiger partial charge is 0.375 e. The van der Waals surface area contributed by atoms with Crippen molar-refractivity contribution in [3.05, 3.63) is 35.9 Å². The summed E-state index contributed by atoms with van der Waals surface area (Å²) in [5.41, 5.74) is 6.95. The van der Waals surface area contributed by atoms with Crippen LogP contribution in [0.5, 0.6) is 0 Å². The van der Waals surface area contributed by atoms with Gasteiger partial charge in [-0.3, -0.25) is 0 Å². The summed E-state index contributed by atoms with van der Waals surface area (Å²) in [6.45, 7) is 5.34. The average molecular weight is 193 g/mol. The summed E-state index contributed by atoms with van der Waals surface area (Å²) in [6.07, 6.45) is 0.932. The predicted octanol–water partition coefficient (Wildman–Crippen LogP) is 2.33. The van der Waals surface area contributed by atoms with Gasteiger partial charge in [-0.15, -0.1) is 0 Å². The number of hydrogen-bond donors (Lipinski definition) is 1. The van der Waals surface area contributed by atoms with Gasteiger partial charge in [0.05, 0.1) is 13.2 Å². The van der Waals surface area contributed by atoms with E-state index >= 15 is 0 Å². The lowest BCUT2D eigenvalue weighted by Crippen LogP contribution is -2.40. The first kappa shape index (κ1) is 11.2. The Balaban J connectivity index is 2.29. The molecule has 0 heterocycles. The molecule has 1 unspecified atom stereocenters. The highest BCUT2D eigenvalue weighted by Gasteiger charge is 2.15. The van der Waals surface area contributed by atoms with Crippen molar-refractivity contribution < 1.29 is 4.74 Å². The van der Waals surface area contributed by atoms with E-state index < -0.39 is 0 Å². The summed E-state index contributed by atoms with van der Waals surface area (Å²) in [4.78, 5) is 0. The highest BCUT2D eigenvalue weighted by atomic mass is 16.5. The molecule has 78 valence electrons. The Bertz CT molecular complexity index is 256. The first-order valence-electron chi connectivity index (χ1n) is 5.04. The number of hydrogen-bond acceptors (Lipinski definition) is 2. The molecule has 0 aliphatic carbocycles. The van der Waals surface area contributed by atoms with Crippen molar-refractivity contribution in [2.24, 2.45) is 5.73 Å². The maximum absolute atomic E-state index is 5.96. The predicted molar refractivity (Wildman–Crippen MR) is 59.0 cm³/mol. The van der Waals surface area contributed by atoms with Crippen molar-refractivity contribution in [1.29, 1.82) is 0 Å². The van der Waals surface area contributed by atoms with E-state index in [0.717, 1.165) is 6.42 Å². The monoisotopic (exact) mass is 193 g/mol. The second-order valence-electron chi connectivity index (χ2n) is 3.99. The highest BCUT2D eigenvalue weighted by Crippen LogP contribution is 2.07. The zero-order valence-corrected chi connectivity index (χ0v) is 8.99. The topological polar surface area (TPSA) is 35.2 Å². The molecule has 0 bridgehead atoms. The molecule has 1 atom stereocenters. The average Bonchev–Trinajstić information content (AvgIpc) is 2.19. The Morgan fingerprint density at radius 1 is 1.29 bits per heavy atom. The normalized spacial score (nSPS) is 15.1. The summed E-state index contributed by atoms with van der Waals surface area (Å²) in [5, 5.41) is 0. The van der Waals surface area contributed by atoms with Crippen molar-refractivity contribution in [3.63, 3.8) is 0 Å². The summed E-state index contributed by atoms with van der Waals surface area (Å²) >= 11 is 0. The molecule has 1 aromatic rings. The van der Waals surface area contributed by atoms with Gasteiger partial charge in [-0.1, -0.05) is 37.3 Å². The number of ether oxygens (including phenoxy) is 1. The van der Waals surface area contributed by atoms with Crippen LogP contribution in [0.4, 0.5) is 0 Å². The summed E-state index contributed by atoms with van der Waals surface area (Å²) < 4.78 is 5.55. The van der Waals surface area contributed by atoms with Crippen LogP contribution in [0.15, 0.2) is 30.3 Å². The minimum atomic E-state index is -0.200. The molecule has 0 aliphatic heterocycles. The van der Waals surface area contributed by atoms with E-state index in [-0.39, 0.29) is 5.54 Å². The molecule has 0 saturated heterocycles. The Hall–Kier alpha value is -0.860. The van der Waals surface area contributed by atoms with Gasteiger partial charge >= 0.3 is 0 Å². The van der Waals surface area contributed by atoms with Gasteiger partial charge in [-0.05, 0) is 18.9 Å². The fourth-order valence-electron chi connectivity index (χ4n) is 1.08. The maximum Gasteiger partial charge on any atom is 0.0717 e. The van der Waals surface area contributed by atoms with Crippen LogP contribution < -0.4 is 5.73 Å². The van der Waals surface area contributed by atoms with Gasteiger partial charge in [0.25, 0.3) is 0 Å². The fraction of sp³-hybridized carbons (Fsp3) is 0.500. The molecule has 0 radical (unpaired) electrons. The molecule has 0 amide bonds. The van der Waals surface area contributed by atoms with E-state index in [0.29, 0.717) is 13.2 Å². The smallest absolute Gasteiger partial charge is 0.0717 e. The van der Waals surface area contributed by atoms with Gasteiger partial charge in [0.2, 0.25) is 0 Å². The van der Waals surface area contributed by atoms with E-state index in [4.69, 9.17) is 10.5 Å². The van der Waals surface area contributed by atoms with E-state index in [1.165, 1.54) is 5.56 Å². The van der Waals surface area contributed by atoms with Crippen LogP contribution in [0.25, 0.3) is 0 Å². The van der Waals surface area contributed by atoms with Crippen molar-refractivity contribution >= 4 is 0 Å². The number of nitrogens with two attached hydrogens (primary N) is 1. The molecule has 2 heteroatoms. The molecule has 14 heavy (non-hydrogen) atoms. The van der Waals surface area contributed by atoms with Crippen LogP contribution in [0.3, 0.4) is 0 Å². The number of benzene rings is 1. The first-order valence-corrected chi connectivity index (χ1v) is 5.04. The van der Waals surface area contributed by atoms with Crippen molar-refractivity contribution in [3.8, 4) is 0 Å². The van der Waals surface area contributed by atoms with Gasteiger partial charge in [-0.2, -0.15) is 0 Å². The second-order valence-corrected chi connectivity index (χ2v) is 3.99. The van der Waals surface area contributed by atoms with E-state index in [9.17, 15) is 0 Å². The van der Waals surface area contributed by atoms with Crippen molar-refractivity contribution in [1.82, 2.24) is 0 Å². The number of rotatable bonds is 5. The zero-order chi connectivity index (χ0) is 10.4. The van der Waals surface area contributed by atoms with E-state index in [1.54, 1.807) is 0 Å². The molecule has 0 aromatic heterocycles. The molecule has 0 fully saturated rings. The molecular formula is C12H19NO. The molecule has 1 aromatic carbocycles. The Morgan fingerprint density at radius 2 is 1.93 bits per heavy atom. The van der Waals surface area contributed by atoms with Crippen LogP contribution in [0.1, 0.15) is 25.8 Å². The van der Waals surface area contributed by atoms with Crippen molar-refractivity contribution in [2.75, 3.05) is 6.61 Å². The standard InChI is InChI=1S/C12H19NO/c1-3-12(2,13)10-14-9-11-7-5-4-6-8-11/h4-8H,3,9-10,13H2,1-2H3. The van der Waals surface area contributed by atoms with Gasteiger partial charge in [-0.25, -0.2) is 0 Å². The van der Waals surface area contributed by atoms with Crippen LogP contribution in [-0.4, -0.2) is 12.1 Å². The maximum atomic E-state index is 5.96. The molecule has 0 spiro atoms. The Morgan fingerprint density at radius 3 is 2.50 bits per heavy atom. The minimum Gasteiger partial charge on any atom is -0.375 e. The third-order valence-corrected chi connectivity index (χ3v) is 2.35. The third-order valence-electron chi connectivity index (χ3n) is 2.35. The van der Waals surface area contributed by atoms with E-state index in [1.807, 2.05) is 25.1 Å². The van der Waals surface area contributed by atoms with Crippen molar-refractivity contribution in [2.45, 2.75) is 32.4 Å². The van der Waals surface area contributed by atoms with E-state index in [2.05, 4.69) is 19.1 Å². The highest BCUT2D eigenvalue weighted by molar-refractivity contribution is 5.13. The Kier molecular flexibility index (Phi) is 4.11. The lowest BCUT2D eigenvalue weighted by Gasteiger charge is -2.22. The van der Waals surface area contributed by atoms with Gasteiger partial charge in [0, 0.05) is 5.54 Å². The van der Waals surface area contributed by atoms with Crippen LogP contribution in [-0.2, 0) is 11.3 Å². The lowest BCUT2D eigenvalue weighted by molar-refractivity contribution is 0.0777. The summed E-state index contributed by atoms with van der Waals surface area (Å²) in [5.74, 6) is 0. The molecular weight excluding hydrogens is 174 g/mol. The molecule has 1 rings (SSSR count). The van der Waals surface area contributed by atoms with Crippen LogP contribution in [0.2, 0.25) is 0 Å². The van der Waals surface area contributed by atoms with Crippen LogP contribution in [0, 0.1) is 0 Å². The zero-order valence-electron chi connectivity index (χ0n) is 8.99. The van der Waals surface area contributed by atoms with Gasteiger partial charge in [0.1, 0.15) is 0 Å². The summed E-state index contributed by atoms with van der Waals surface area (Å²) in [6, 6.07) is 10.1. The molecule has 2 nitrogen and oxygen atoms in total.